The number of alkyl halides is 1. The van der Waals surface area contributed by atoms with Gasteiger partial charge in [-0.2, -0.15) is 0 Å². The highest BCUT2D eigenvalue weighted by Gasteiger charge is 2.20. The number of hydrogen-bond donors (Lipinski definition) is 2. The summed E-state index contributed by atoms with van der Waals surface area (Å²) < 4.78 is 21.6. The first-order valence-corrected chi connectivity index (χ1v) is 4.92. The summed E-state index contributed by atoms with van der Waals surface area (Å²) in [6, 6.07) is 0. The maximum atomic E-state index is 10.8. The molecule has 0 rings (SSSR count). The van der Waals surface area contributed by atoms with Crippen LogP contribution in [0.5, 0.6) is 0 Å². The zero-order chi connectivity index (χ0) is 9.07. The second-order valence-corrected chi connectivity index (χ2v) is 4.77. The summed E-state index contributed by atoms with van der Waals surface area (Å²) >= 11 is 5.05. The lowest BCUT2D eigenvalue weighted by atomic mass is 10.7. The van der Waals surface area contributed by atoms with E-state index < -0.39 is 26.5 Å². The number of carbonyl (C=O) groups is 1. The fraction of sp³-hybridized carbons (Fsp3) is 0.750. The highest BCUT2D eigenvalue weighted by atomic mass is 35.5. The number of nitrogens with one attached hydrogen (secondary N) is 1. The summed E-state index contributed by atoms with van der Waals surface area (Å²) in [5.74, 6) is 0. The van der Waals surface area contributed by atoms with Gasteiger partial charge in [0.05, 0.1) is 0 Å². The van der Waals surface area contributed by atoms with Crippen molar-refractivity contribution in [2.45, 2.75) is 12.3 Å². The van der Waals surface area contributed by atoms with Crippen LogP contribution in [0.25, 0.3) is 0 Å². The minimum Gasteiger partial charge on any atom is -0.465 e. The van der Waals surface area contributed by atoms with Crippen LogP contribution in [0, 0.1) is 0 Å². The van der Waals surface area contributed by atoms with Gasteiger partial charge in [0.1, 0.15) is 10.6 Å². The van der Waals surface area contributed by atoms with Gasteiger partial charge in [-0.05, 0) is 6.92 Å². The van der Waals surface area contributed by atoms with E-state index in [1.54, 1.807) is 5.32 Å². The molecule has 5 nitrogen and oxygen atoms in total. The van der Waals surface area contributed by atoms with Crippen LogP contribution < -0.4 is 5.32 Å². The largest absolute Gasteiger partial charge is 0.465 e. The third kappa shape index (κ3) is 3.43. The average Bonchev–Trinajstić information content (AvgIpc) is 1.86. The van der Waals surface area contributed by atoms with E-state index in [-0.39, 0.29) is 0 Å². The molecule has 0 radical (unpaired) electrons. The van der Waals surface area contributed by atoms with Gasteiger partial charge >= 0.3 is 6.09 Å². The smallest absolute Gasteiger partial charge is 0.405 e. The van der Waals surface area contributed by atoms with Crippen LogP contribution in [0.1, 0.15) is 6.92 Å². The first kappa shape index (κ1) is 10.5. The van der Waals surface area contributed by atoms with E-state index in [0.717, 1.165) is 0 Å². The molecule has 0 bridgehead atoms. The van der Waals surface area contributed by atoms with Crippen LogP contribution in [0.3, 0.4) is 0 Å². The van der Waals surface area contributed by atoms with Gasteiger partial charge in [0.15, 0.2) is 9.84 Å². The van der Waals surface area contributed by atoms with Crippen molar-refractivity contribution in [3.63, 3.8) is 0 Å². The molecule has 0 aromatic carbocycles. The summed E-state index contributed by atoms with van der Waals surface area (Å²) in [6.07, 6.45) is -1.38. The van der Waals surface area contributed by atoms with Crippen molar-refractivity contribution in [1.82, 2.24) is 5.32 Å². The van der Waals surface area contributed by atoms with E-state index in [4.69, 9.17) is 16.7 Å². The van der Waals surface area contributed by atoms with Crippen LogP contribution in [0.4, 0.5) is 4.79 Å². The molecule has 0 saturated heterocycles. The second kappa shape index (κ2) is 3.77. The monoisotopic (exact) mass is 201 g/mol. The summed E-state index contributed by atoms with van der Waals surface area (Å²) in [4.78, 5) is 9.95. The zero-order valence-corrected chi connectivity index (χ0v) is 7.32. The first-order valence-electron chi connectivity index (χ1n) is 2.67. The minimum atomic E-state index is -3.52. The summed E-state index contributed by atoms with van der Waals surface area (Å²) in [6.45, 7) is 1.21. The Morgan fingerprint density at radius 1 is 1.73 bits per heavy atom. The molecule has 0 aromatic heterocycles. The summed E-state index contributed by atoms with van der Waals surface area (Å²) in [5.41, 5.74) is 0. The molecule has 0 saturated carbocycles. The molecule has 0 heterocycles. The standard InChI is InChI=1S/C4H8ClNO4S/c1-3(6-4(7)8)11(9,10)2-5/h3,6H,2H2,1H3,(H,7,8). The maximum absolute atomic E-state index is 10.8. The third-order valence-electron chi connectivity index (χ3n) is 1.02. The van der Waals surface area contributed by atoms with Gasteiger partial charge in [-0.25, -0.2) is 13.2 Å². The molecule has 0 aliphatic rings. The molecule has 1 amide bonds. The number of hydrogen-bond acceptors (Lipinski definition) is 3. The lowest BCUT2D eigenvalue weighted by Crippen LogP contribution is -2.37. The Bertz CT molecular complexity index is 236. The maximum Gasteiger partial charge on any atom is 0.405 e. The van der Waals surface area contributed by atoms with E-state index in [1.807, 2.05) is 0 Å². The molecule has 11 heavy (non-hydrogen) atoms. The molecular weight excluding hydrogens is 194 g/mol. The Labute approximate surface area is 69.3 Å². The lowest BCUT2D eigenvalue weighted by molar-refractivity contribution is 0.193. The van der Waals surface area contributed by atoms with Crippen LogP contribution in [0.15, 0.2) is 0 Å². The molecule has 0 aromatic rings. The molecule has 0 aliphatic heterocycles. The molecule has 66 valence electrons. The molecule has 7 heteroatoms. The zero-order valence-electron chi connectivity index (χ0n) is 5.74. The van der Waals surface area contributed by atoms with Crippen molar-refractivity contribution in [1.29, 1.82) is 0 Å². The van der Waals surface area contributed by atoms with Crippen LogP contribution in [-0.2, 0) is 9.84 Å². The van der Waals surface area contributed by atoms with Crippen molar-refractivity contribution in [2.24, 2.45) is 0 Å². The van der Waals surface area contributed by atoms with Crippen molar-refractivity contribution < 1.29 is 18.3 Å². The normalized spacial score (nSPS) is 14.0. The van der Waals surface area contributed by atoms with E-state index in [2.05, 4.69) is 0 Å². The Morgan fingerprint density at radius 3 is 2.45 bits per heavy atom. The summed E-state index contributed by atoms with van der Waals surface area (Å²) in [7, 11) is -3.52. The number of amides is 1. The molecular formula is C4H8ClNO4S. The summed E-state index contributed by atoms with van der Waals surface area (Å²) in [5, 5.41) is 8.16. The predicted octanol–water partition coefficient (Wildman–Crippen LogP) is 0.211. The van der Waals surface area contributed by atoms with E-state index >= 15 is 0 Å². The number of carboxylic acid groups (broad SMARTS) is 1. The van der Waals surface area contributed by atoms with Crippen LogP contribution in [0.2, 0.25) is 0 Å². The Balaban J connectivity index is 4.26. The average molecular weight is 202 g/mol. The van der Waals surface area contributed by atoms with Crippen molar-refractivity contribution >= 4 is 27.5 Å². The Hall–Kier alpha value is -0.490. The highest BCUT2D eigenvalue weighted by molar-refractivity contribution is 7.93. The van der Waals surface area contributed by atoms with Gasteiger partial charge in [0.2, 0.25) is 0 Å². The van der Waals surface area contributed by atoms with Crippen molar-refractivity contribution in [3.05, 3.63) is 0 Å². The van der Waals surface area contributed by atoms with Gasteiger partial charge < -0.3 is 10.4 Å². The van der Waals surface area contributed by atoms with Gasteiger partial charge in [0.25, 0.3) is 0 Å². The fourth-order valence-corrected chi connectivity index (χ4v) is 1.39. The number of halogens is 1. The van der Waals surface area contributed by atoms with Crippen molar-refractivity contribution in [2.75, 3.05) is 5.21 Å². The fourth-order valence-electron chi connectivity index (χ4n) is 0.358. The van der Waals surface area contributed by atoms with Crippen LogP contribution in [-0.4, -0.2) is 30.2 Å². The third-order valence-corrected chi connectivity index (χ3v) is 3.43. The second-order valence-electron chi connectivity index (χ2n) is 1.86. The molecule has 0 spiro atoms. The Morgan fingerprint density at radius 2 is 2.18 bits per heavy atom. The molecule has 0 aliphatic carbocycles. The number of sulfone groups is 1. The minimum absolute atomic E-state index is 0.589. The Kier molecular flexibility index (Phi) is 3.61. The lowest BCUT2D eigenvalue weighted by Gasteiger charge is -2.09. The van der Waals surface area contributed by atoms with Gasteiger partial charge in [-0.15, -0.1) is 11.6 Å². The topological polar surface area (TPSA) is 83.5 Å². The van der Waals surface area contributed by atoms with E-state index in [0.29, 0.717) is 0 Å². The molecule has 0 fully saturated rings. The molecule has 2 N–H and O–H groups in total. The van der Waals surface area contributed by atoms with E-state index in [9.17, 15) is 13.2 Å². The van der Waals surface area contributed by atoms with E-state index in [1.165, 1.54) is 6.92 Å². The SMILES string of the molecule is CC(NC(=O)O)S(=O)(=O)CCl. The highest BCUT2D eigenvalue weighted by Crippen LogP contribution is 2.00. The molecule has 1 unspecified atom stereocenters. The van der Waals surface area contributed by atoms with Gasteiger partial charge in [-0.1, -0.05) is 0 Å². The molecule has 1 atom stereocenters. The quantitative estimate of drug-likeness (QED) is 0.640. The van der Waals surface area contributed by atoms with Gasteiger partial charge in [-0.3, -0.25) is 0 Å². The van der Waals surface area contributed by atoms with Gasteiger partial charge in [0, 0.05) is 0 Å². The van der Waals surface area contributed by atoms with Crippen molar-refractivity contribution in [3.8, 4) is 0 Å². The van der Waals surface area contributed by atoms with Crippen LogP contribution >= 0.6 is 11.6 Å². The first-order chi connectivity index (χ1) is 4.90. The predicted molar refractivity (Wildman–Crippen MR) is 40.3 cm³/mol. The number of rotatable bonds is 3.